The Labute approximate surface area is 125 Å². The molecule has 0 bridgehead atoms. The van der Waals surface area contributed by atoms with Gasteiger partial charge in [0.1, 0.15) is 0 Å². The van der Waals surface area contributed by atoms with E-state index in [-0.39, 0.29) is 12.5 Å². The van der Waals surface area contributed by atoms with Gasteiger partial charge in [0, 0.05) is 17.4 Å². The fourth-order valence-corrected chi connectivity index (χ4v) is 1.54. The van der Waals surface area contributed by atoms with E-state index < -0.39 is 5.41 Å². The van der Waals surface area contributed by atoms with E-state index in [2.05, 4.69) is 17.2 Å². The van der Waals surface area contributed by atoms with E-state index in [0.29, 0.717) is 17.1 Å². The molecule has 1 amide bonds. The first kappa shape index (κ1) is 16.6. The van der Waals surface area contributed by atoms with Gasteiger partial charge in [0.15, 0.2) is 0 Å². The fourth-order valence-electron chi connectivity index (χ4n) is 1.37. The van der Waals surface area contributed by atoms with E-state index in [1.54, 1.807) is 18.2 Å². The zero-order valence-electron chi connectivity index (χ0n) is 12.1. The number of benzene rings is 1. The van der Waals surface area contributed by atoms with Gasteiger partial charge in [-0.2, -0.15) is 0 Å². The van der Waals surface area contributed by atoms with Gasteiger partial charge >= 0.3 is 0 Å². The Kier molecular flexibility index (Phi) is 6.06. The van der Waals surface area contributed by atoms with Gasteiger partial charge in [0.05, 0.1) is 17.3 Å². The second kappa shape index (κ2) is 7.33. The Hall–Kier alpha value is -1.50. The molecule has 0 saturated heterocycles. The van der Waals surface area contributed by atoms with Crippen LogP contribution in [-0.4, -0.2) is 17.6 Å². The Morgan fingerprint density at radius 3 is 2.75 bits per heavy atom. The maximum absolute atomic E-state index is 12.2. The van der Waals surface area contributed by atoms with Crippen LogP contribution >= 0.6 is 11.6 Å². The predicted molar refractivity (Wildman–Crippen MR) is 82.7 cm³/mol. The van der Waals surface area contributed by atoms with Gasteiger partial charge < -0.3 is 10.4 Å². The topological polar surface area (TPSA) is 49.3 Å². The highest BCUT2D eigenvalue weighted by molar-refractivity contribution is 6.33. The van der Waals surface area contributed by atoms with Crippen molar-refractivity contribution in [2.75, 3.05) is 11.9 Å². The molecule has 0 saturated carbocycles. The summed E-state index contributed by atoms with van der Waals surface area (Å²) < 4.78 is 0. The Balaban J connectivity index is 2.93. The van der Waals surface area contributed by atoms with Gasteiger partial charge in [-0.1, -0.05) is 44.2 Å². The average molecular weight is 294 g/mol. The quantitative estimate of drug-likeness (QED) is 0.835. The van der Waals surface area contributed by atoms with Crippen molar-refractivity contribution in [1.82, 2.24) is 0 Å². The zero-order valence-corrected chi connectivity index (χ0v) is 12.8. The van der Waals surface area contributed by atoms with Gasteiger partial charge in [-0.15, -0.1) is 0 Å². The highest BCUT2D eigenvalue weighted by Gasteiger charge is 2.25. The molecule has 4 heteroatoms. The molecule has 0 atom stereocenters. The minimum absolute atomic E-state index is 0.0366. The van der Waals surface area contributed by atoms with Crippen LogP contribution in [0.3, 0.4) is 0 Å². The summed E-state index contributed by atoms with van der Waals surface area (Å²) in [5.41, 5.74) is 0.878. The van der Waals surface area contributed by atoms with E-state index in [1.807, 2.05) is 20.8 Å². The molecule has 0 aliphatic rings. The highest BCUT2D eigenvalue weighted by atomic mass is 35.5. The van der Waals surface area contributed by atoms with Crippen molar-refractivity contribution in [1.29, 1.82) is 0 Å². The number of anilines is 1. The van der Waals surface area contributed by atoms with Crippen LogP contribution in [0.1, 0.15) is 39.2 Å². The van der Waals surface area contributed by atoms with Gasteiger partial charge in [-0.25, -0.2) is 0 Å². The Morgan fingerprint density at radius 1 is 1.45 bits per heavy atom. The summed E-state index contributed by atoms with van der Waals surface area (Å²) in [4.78, 5) is 12.2. The molecule has 1 rings (SSSR count). The van der Waals surface area contributed by atoms with Crippen molar-refractivity contribution in [2.45, 2.75) is 33.6 Å². The number of rotatable bonds is 4. The van der Waals surface area contributed by atoms with Gasteiger partial charge in [-0.05, 0) is 24.6 Å². The van der Waals surface area contributed by atoms with Crippen molar-refractivity contribution in [2.24, 2.45) is 5.41 Å². The molecule has 1 aromatic carbocycles. The second-order valence-electron chi connectivity index (χ2n) is 5.16. The smallest absolute Gasteiger partial charge is 0.230 e. The number of amides is 1. The summed E-state index contributed by atoms with van der Waals surface area (Å²) in [6.07, 6.45) is 1.17. The predicted octanol–water partition coefficient (Wildman–Crippen LogP) is 3.45. The minimum Gasteiger partial charge on any atom is -0.395 e. The third-order valence-electron chi connectivity index (χ3n) is 3.18. The van der Waals surface area contributed by atoms with Crippen LogP contribution in [0.5, 0.6) is 0 Å². The van der Waals surface area contributed by atoms with Gasteiger partial charge in [0.2, 0.25) is 5.91 Å². The second-order valence-corrected chi connectivity index (χ2v) is 5.57. The van der Waals surface area contributed by atoms with Crippen LogP contribution < -0.4 is 5.32 Å². The largest absolute Gasteiger partial charge is 0.395 e. The average Bonchev–Trinajstić information content (AvgIpc) is 2.42. The van der Waals surface area contributed by atoms with Gasteiger partial charge in [0.25, 0.3) is 0 Å². The van der Waals surface area contributed by atoms with Crippen molar-refractivity contribution in [3.8, 4) is 11.8 Å². The lowest BCUT2D eigenvalue weighted by Crippen LogP contribution is -2.30. The summed E-state index contributed by atoms with van der Waals surface area (Å²) in [6, 6.07) is 5.24. The number of halogens is 1. The Bertz CT molecular complexity index is 541. The number of hydrogen-bond donors (Lipinski definition) is 2. The molecule has 108 valence electrons. The summed E-state index contributed by atoms with van der Waals surface area (Å²) >= 11 is 6.09. The molecule has 0 fully saturated rings. The maximum atomic E-state index is 12.2. The van der Waals surface area contributed by atoms with Crippen molar-refractivity contribution in [3.05, 3.63) is 28.8 Å². The fraction of sp³-hybridized carbons (Fsp3) is 0.438. The van der Waals surface area contributed by atoms with Crippen LogP contribution in [0, 0.1) is 17.3 Å². The normalized spacial score (nSPS) is 10.7. The van der Waals surface area contributed by atoms with Gasteiger partial charge in [-0.3, -0.25) is 4.79 Å². The van der Waals surface area contributed by atoms with E-state index in [4.69, 9.17) is 16.7 Å². The third kappa shape index (κ3) is 4.56. The number of carbonyl (C=O) groups excluding carboxylic acids is 1. The van der Waals surface area contributed by atoms with Crippen LogP contribution in [0.25, 0.3) is 0 Å². The molecule has 0 spiro atoms. The lowest BCUT2D eigenvalue weighted by atomic mass is 9.89. The molecule has 0 aliphatic heterocycles. The van der Waals surface area contributed by atoms with Crippen LogP contribution in [0.15, 0.2) is 18.2 Å². The molecule has 3 nitrogen and oxygen atoms in total. The number of nitrogens with one attached hydrogen (secondary N) is 1. The first-order valence-corrected chi connectivity index (χ1v) is 6.99. The minimum atomic E-state index is -0.443. The first-order valence-electron chi connectivity index (χ1n) is 6.61. The number of carbonyl (C=O) groups is 1. The van der Waals surface area contributed by atoms with Crippen molar-refractivity contribution < 1.29 is 9.90 Å². The van der Waals surface area contributed by atoms with Crippen LogP contribution in [0.4, 0.5) is 5.69 Å². The summed E-state index contributed by atoms with van der Waals surface area (Å²) in [5, 5.41) is 12.0. The SMILES string of the molecule is CCC(C)(C)C(=O)Nc1cc(C#CCCO)ccc1Cl. The van der Waals surface area contributed by atoms with E-state index in [9.17, 15) is 4.79 Å². The summed E-state index contributed by atoms with van der Waals surface area (Å²) in [6.45, 7) is 5.79. The van der Waals surface area contributed by atoms with E-state index in [1.165, 1.54) is 0 Å². The number of hydrogen-bond acceptors (Lipinski definition) is 2. The maximum Gasteiger partial charge on any atom is 0.230 e. The lowest BCUT2D eigenvalue weighted by molar-refractivity contribution is -0.124. The lowest BCUT2D eigenvalue weighted by Gasteiger charge is -2.21. The third-order valence-corrected chi connectivity index (χ3v) is 3.51. The first-order chi connectivity index (χ1) is 9.40. The molecular weight excluding hydrogens is 274 g/mol. The molecule has 1 aromatic rings. The summed E-state index contributed by atoms with van der Waals surface area (Å²) in [7, 11) is 0. The molecule has 0 unspecified atom stereocenters. The van der Waals surface area contributed by atoms with Crippen molar-refractivity contribution >= 4 is 23.2 Å². The molecule has 20 heavy (non-hydrogen) atoms. The zero-order chi connectivity index (χ0) is 15.2. The number of aliphatic hydroxyl groups excluding tert-OH is 1. The molecule has 2 N–H and O–H groups in total. The molecule has 0 aliphatic carbocycles. The molecule has 0 heterocycles. The highest BCUT2D eigenvalue weighted by Crippen LogP contribution is 2.27. The standard InChI is InChI=1S/C16H20ClNO2/c1-4-16(2,3)15(20)18-14-11-12(7-5-6-10-19)8-9-13(14)17/h8-9,11,19H,4,6,10H2,1-3H3,(H,18,20). The summed E-state index contributed by atoms with van der Waals surface area (Å²) in [5.74, 6) is 5.69. The molecular formula is C16H20ClNO2. The van der Waals surface area contributed by atoms with E-state index >= 15 is 0 Å². The monoisotopic (exact) mass is 293 g/mol. The molecule has 0 aromatic heterocycles. The van der Waals surface area contributed by atoms with Crippen molar-refractivity contribution in [3.63, 3.8) is 0 Å². The van der Waals surface area contributed by atoms with Crippen LogP contribution in [-0.2, 0) is 4.79 Å². The Morgan fingerprint density at radius 2 is 2.15 bits per heavy atom. The van der Waals surface area contributed by atoms with Crippen LogP contribution in [0.2, 0.25) is 5.02 Å². The molecule has 0 radical (unpaired) electrons. The number of aliphatic hydroxyl groups is 1. The van der Waals surface area contributed by atoms with E-state index in [0.717, 1.165) is 12.0 Å².